The lowest BCUT2D eigenvalue weighted by atomic mass is 10.1. The number of para-hydroxylation sites is 2. The van der Waals surface area contributed by atoms with Crippen molar-refractivity contribution in [2.24, 2.45) is 0 Å². The standard InChI is InChI=1S/C23H23NS/c1-25(2,3)19-18-20-14-16-23(17-15-20)24(21-10-6-4-7-11-21)22-12-8-5-9-13-22/h4-17H,1-3H3. The minimum absolute atomic E-state index is 0.806. The number of nitrogens with zero attached hydrogens (tertiary/aromatic N) is 1. The summed E-state index contributed by atoms with van der Waals surface area (Å²) >= 11 is 0. The van der Waals surface area contributed by atoms with E-state index in [4.69, 9.17) is 0 Å². The summed E-state index contributed by atoms with van der Waals surface area (Å²) in [7, 11) is -0.806. The van der Waals surface area contributed by atoms with E-state index in [-0.39, 0.29) is 0 Å². The molecule has 0 heterocycles. The molecular weight excluding hydrogens is 322 g/mol. The van der Waals surface area contributed by atoms with Crippen LogP contribution in [0.2, 0.25) is 0 Å². The molecule has 0 amide bonds. The fourth-order valence-electron chi connectivity index (χ4n) is 2.51. The van der Waals surface area contributed by atoms with Gasteiger partial charge in [-0.1, -0.05) is 42.3 Å². The van der Waals surface area contributed by atoms with Crippen molar-refractivity contribution in [1.82, 2.24) is 0 Å². The normalized spacial score (nSPS) is 11.3. The van der Waals surface area contributed by atoms with Gasteiger partial charge in [0, 0.05) is 22.6 Å². The second-order valence-corrected chi connectivity index (χ2v) is 10.5. The first-order valence-corrected chi connectivity index (χ1v) is 11.1. The summed E-state index contributed by atoms with van der Waals surface area (Å²) in [5, 5.41) is 3.37. The van der Waals surface area contributed by atoms with Crippen molar-refractivity contribution >= 4 is 27.1 Å². The van der Waals surface area contributed by atoms with E-state index in [2.05, 4.69) is 108 Å². The largest absolute Gasteiger partial charge is 0.311 e. The van der Waals surface area contributed by atoms with E-state index in [0.29, 0.717) is 0 Å². The first kappa shape index (κ1) is 17.2. The summed E-state index contributed by atoms with van der Waals surface area (Å²) in [6.45, 7) is 0. The molecule has 0 atom stereocenters. The fourth-order valence-corrected chi connectivity index (χ4v) is 2.93. The number of rotatable bonds is 3. The van der Waals surface area contributed by atoms with E-state index in [1.165, 1.54) is 0 Å². The van der Waals surface area contributed by atoms with Crippen LogP contribution in [0, 0.1) is 11.2 Å². The van der Waals surface area contributed by atoms with Crippen molar-refractivity contribution in [1.29, 1.82) is 0 Å². The minimum Gasteiger partial charge on any atom is -0.311 e. The van der Waals surface area contributed by atoms with Crippen molar-refractivity contribution < 1.29 is 0 Å². The number of benzene rings is 3. The summed E-state index contributed by atoms with van der Waals surface area (Å²) in [5.74, 6) is 3.30. The highest BCUT2D eigenvalue weighted by molar-refractivity contribution is 8.35. The molecule has 0 aromatic heterocycles. The van der Waals surface area contributed by atoms with Gasteiger partial charge in [-0.25, -0.2) is 0 Å². The summed E-state index contributed by atoms with van der Waals surface area (Å²) in [6.07, 6.45) is 6.63. The minimum atomic E-state index is -0.806. The van der Waals surface area contributed by atoms with Gasteiger partial charge in [0.1, 0.15) is 0 Å². The van der Waals surface area contributed by atoms with E-state index in [1.54, 1.807) is 0 Å². The topological polar surface area (TPSA) is 3.24 Å². The van der Waals surface area contributed by atoms with Crippen molar-refractivity contribution in [3.8, 4) is 11.2 Å². The zero-order chi connectivity index (χ0) is 17.7. The van der Waals surface area contributed by atoms with Crippen molar-refractivity contribution in [3.05, 3.63) is 90.5 Å². The molecule has 3 aromatic carbocycles. The highest BCUT2D eigenvalue weighted by atomic mass is 32.3. The zero-order valence-corrected chi connectivity index (χ0v) is 15.8. The van der Waals surface area contributed by atoms with Gasteiger partial charge in [-0.05, 0) is 72.6 Å². The first-order valence-electron chi connectivity index (χ1n) is 8.24. The van der Waals surface area contributed by atoms with Crippen LogP contribution < -0.4 is 4.90 Å². The van der Waals surface area contributed by atoms with Gasteiger partial charge in [-0.15, -0.1) is 0 Å². The number of hydrogen-bond donors (Lipinski definition) is 0. The Morgan fingerprint density at radius 3 is 1.48 bits per heavy atom. The Labute approximate surface area is 152 Å². The van der Waals surface area contributed by atoms with Crippen molar-refractivity contribution in [2.45, 2.75) is 0 Å². The Bertz CT molecular complexity index is 827. The molecule has 3 rings (SSSR count). The van der Waals surface area contributed by atoms with Gasteiger partial charge in [-0.3, -0.25) is 0 Å². The Morgan fingerprint density at radius 1 is 0.600 bits per heavy atom. The average molecular weight is 346 g/mol. The van der Waals surface area contributed by atoms with E-state index in [1.807, 2.05) is 12.1 Å². The first-order chi connectivity index (χ1) is 12.0. The SMILES string of the molecule is CS(C)(C)C#Cc1ccc(N(c2ccccc2)c2ccccc2)cc1. The third-order valence-corrected chi connectivity index (χ3v) is 4.37. The molecule has 1 nitrogen and oxygen atoms in total. The molecule has 0 fully saturated rings. The van der Waals surface area contributed by atoms with Gasteiger partial charge in [-0.2, -0.15) is 10.0 Å². The van der Waals surface area contributed by atoms with Crippen LogP contribution in [0.3, 0.4) is 0 Å². The fraction of sp³-hybridized carbons (Fsp3) is 0.130. The maximum Gasteiger partial charge on any atom is 0.0462 e. The average Bonchev–Trinajstić information content (AvgIpc) is 2.62. The Kier molecular flexibility index (Phi) is 5.16. The van der Waals surface area contributed by atoms with Gasteiger partial charge >= 0.3 is 0 Å². The van der Waals surface area contributed by atoms with Gasteiger partial charge in [0.15, 0.2) is 0 Å². The summed E-state index contributed by atoms with van der Waals surface area (Å²) in [4.78, 5) is 2.26. The maximum atomic E-state index is 3.37. The molecular formula is C23H23NS. The third kappa shape index (κ3) is 4.68. The molecule has 0 unspecified atom stereocenters. The van der Waals surface area contributed by atoms with Crippen LogP contribution in [0.25, 0.3) is 0 Å². The van der Waals surface area contributed by atoms with Crippen molar-refractivity contribution in [2.75, 3.05) is 23.7 Å². The Morgan fingerprint density at radius 2 is 1.04 bits per heavy atom. The Hall–Kier alpha value is -2.63. The molecule has 0 aliphatic heterocycles. The lowest BCUT2D eigenvalue weighted by Crippen LogP contribution is -2.09. The summed E-state index contributed by atoms with van der Waals surface area (Å²) in [6, 6.07) is 29.4. The molecule has 0 aliphatic carbocycles. The monoisotopic (exact) mass is 345 g/mol. The highest BCUT2D eigenvalue weighted by Crippen LogP contribution is 2.34. The Balaban J connectivity index is 1.98. The molecule has 0 saturated heterocycles. The second kappa shape index (κ2) is 7.51. The summed E-state index contributed by atoms with van der Waals surface area (Å²) < 4.78 is 0. The van der Waals surface area contributed by atoms with Crippen LogP contribution >= 0.6 is 10.0 Å². The van der Waals surface area contributed by atoms with Crippen LogP contribution in [-0.2, 0) is 0 Å². The van der Waals surface area contributed by atoms with E-state index in [0.717, 1.165) is 22.6 Å². The predicted molar refractivity (Wildman–Crippen MR) is 113 cm³/mol. The molecule has 0 radical (unpaired) electrons. The molecule has 0 N–H and O–H groups in total. The van der Waals surface area contributed by atoms with Crippen LogP contribution in [0.4, 0.5) is 17.1 Å². The van der Waals surface area contributed by atoms with Crippen LogP contribution in [0.15, 0.2) is 84.9 Å². The highest BCUT2D eigenvalue weighted by Gasteiger charge is 2.11. The molecule has 3 aromatic rings. The van der Waals surface area contributed by atoms with Crippen LogP contribution in [0.1, 0.15) is 5.56 Å². The predicted octanol–water partition coefficient (Wildman–Crippen LogP) is 6.16. The van der Waals surface area contributed by atoms with Gasteiger partial charge in [0.25, 0.3) is 0 Å². The zero-order valence-electron chi connectivity index (χ0n) is 14.9. The lowest BCUT2D eigenvalue weighted by Gasteiger charge is -2.25. The van der Waals surface area contributed by atoms with Gasteiger partial charge < -0.3 is 4.90 Å². The molecule has 2 heteroatoms. The van der Waals surface area contributed by atoms with E-state index >= 15 is 0 Å². The molecule has 126 valence electrons. The summed E-state index contributed by atoms with van der Waals surface area (Å²) in [5.41, 5.74) is 4.48. The second-order valence-electron chi connectivity index (χ2n) is 6.62. The number of hydrogen-bond acceptors (Lipinski definition) is 1. The van der Waals surface area contributed by atoms with Crippen LogP contribution in [0.5, 0.6) is 0 Å². The van der Waals surface area contributed by atoms with E-state index in [9.17, 15) is 0 Å². The molecule has 0 bridgehead atoms. The quantitative estimate of drug-likeness (QED) is 0.514. The lowest BCUT2D eigenvalue weighted by molar-refractivity contribution is 1.28. The molecule has 0 saturated carbocycles. The molecule has 0 spiro atoms. The van der Waals surface area contributed by atoms with Gasteiger partial charge in [0.2, 0.25) is 0 Å². The van der Waals surface area contributed by atoms with Crippen LogP contribution in [-0.4, -0.2) is 18.8 Å². The van der Waals surface area contributed by atoms with Gasteiger partial charge in [0.05, 0.1) is 0 Å². The smallest absolute Gasteiger partial charge is 0.0462 e. The van der Waals surface area contributed by atoms with E-state index < -0.39 is 10.0 Å². The molecule has 25 heavy (non-hydrogen) atoms. The molecule has 0 aliphatic rings. The number of anilines is 3. The maximum absolute atomic E-state index is 3.37. The van der Waals surface area contributed by atoms with Crippen molar-refractivity contribution in [3.63, 3.8) is 0 Å². The third-order valence-electron chi connectivity index (χ3n) is 3.66.